The van der Waals surface area contributed by atoms with Crippen molar-refractivity contribution in [3.63, 3.8) is 0 Å². The predicted molar refractivity (Wildman–Crippen MR) is 103 cm³/mol. The molecule has 7 heteroatoms. The molecule has 0 unspecified atom stereocenters. The highest BCUT2D eigenvalue weighted by molar-refractivity contribution is 14.0. The van der Waals surface area contributed by atoms with Gasteiger partial charge in [0, 0.05) is 32.0 Å². The number of hydrogen-bond donors (Lipinski definition) is 1. The van der Waals surface area contributed by atoms with Crippen LogP contribution in [0.25, 0.3) is 0 Å². The van der Waals surface area contributed by atoms with E-state index in [2.05, 4.69) is 48.1 Å². The molecule has 1 aliphatic heterocycles. The minimum Gasteiger partial charge on any atom is -0.357 e. The number of likely N-dealkylation sites (tertiary alicyclic amines) is 1. The lowest BCUT2D eigenvalue weighted by atomic mass is 10.00. The predicted octanol–water partition coefficient (Wildman–Crippen LogP) is 3.05. The Morgan fingerprint density at radius 1 is 1.39 bits per heavy atom. The number of aromatic nitrogens is 2. The number of piperidine rings is 1. The van der Waals surface area contributed by atoms with E-state index in [9.17, 15) is 0 Å². The van der Waals surface area contributed by atoms with Crippen LogP contribution in [0.1, 0.15) is 58.2 Å². The van der Waals surface area contributed by atoms with Gasteiger partial charge in [-0.2, -0.15) is 4.98 Å². The number of nitrogens with zero attached hydrogens (tertiary/aromatic N) is 4. The number of rotatable bonds is 5. The Labute approximate surface area is 156 Å². The molecule has 0 radical (unpaired) electrons. The highest BCUT2D eigenvalue weighted by Gasteiger charge is 2.18. The van der Waals surface area contributed by atoms with E-state index in [1.54, 1.807) is 0 Å². The van der Waals surface area contributed by atoms with Gasteiger partial charge in [0.05, 0.1) is 6.54 Å². The fourth-order valence-corrected chi connectivity index (χ4v) is 2.51. The molecule has 0 atom stereocenters. The monoisotopic (exact) mass is 435 g/mol. The third-order valence-electron chi connectivity index (χ3n) is 4.01. The van der Waals surface area contributed by atoms with E-state index < -0.39 is 0 Å². The van der Waals surface area contributed by atoms with Gasteiger partial charge in [0.15, 0.2) is 11.8 Å². The number of guanidine groups is 1. The summed E-state index contributed by atoms with van der Waals surface area (Å²) in [4.78, 5) is 11.5. The van der Waals surface area contributed by atoms with Crippen molar-refractivity contribution in [3.05, 3.63) is 11.7 Å². The Hall–Kier alpha value is -0.860. The molecular formula is C16H30IN5O. The van der Waals surface area contributed by atoms with E-state index in [1.165, 1.54) is 12.8 Å². The second-order valence-electron chi connectivity index (χ2n) is 6.36. The smallest absolute Gasteiger partial charge is 0.228 e. The summed E-state index contributed by atoms with van der Waals surface area (Å²) < 4.78 is 5.26. The molecule has 2 heterocycles. The lowest BCUT2D eigenvalue weighted by Gasteiger charge is -2.32. The first kappa shape index (κ1) is 20.2. The van der Waals surface area contributed by atoms with Crippen LogP contribution in [0.4, 0.5) is 0 Å². The number of hydrogen-bond acceptors (Lipinski definition) is 4. The van der Waals surface area contributed by atoms with Crippen molar-refractivity contribution >= 4 is 29.9 Å². The van der Waals surface area contributed by atoms with Gasteiger partial charge in [-0.3, -0.25) is 4.99 Å². The molecule has 1 fully saturated rings. The van der Waals surface area contributed by atoms with Crippen LogP contribution in [0.3, 0.4) is 0 Å². The van der Waals surface area contributed by atoms with Crippen molar-refractivity contribution in [3.8, 4) is 0 Å². The average Bonchev–Trinajstić information content (AvgIpc) is 2.96. The molecule has 1 saturated heterocycles. The van der Waals surface area contributed by atoms with Crippen LogP contribution in [-0.2, 0) is 6.42 Å². The SMILES string of the molecule is CCNC(=NCCc1nc(C(C)C)no1)N1CCC(C)CC1.I. The van der Waals surface area contributed by atoms with Gasteiger partial charge < -0.3 is 14.7 Å². The van der Waals surface area contributed by atoms with Gasteiger partial charge in [0.2, 0.25) is 5.89 Å². The van der Waals surface area contributed by atoms with E-state index in [1.807, 2.05) is 0 Å². The maximum absolute atomic E-state index is 5.26. The largest absolute Gasteiger partial charge is 0.357 e. The lowest BCUT2D eigenvalue weighted by Crippen LogP contribution is -2.45. The van der Waals surface area contributed by atoms with Crippen LogP contribution < -0.4 is 5.32 Å². The Balaban J connectivity index is 0.00000264. The molecule has 0 saturated carbocycles. The summed E-state index contributed by atoms with van der Waals surface area (Å²) in [6.45, 7) is 12.3. The van der Waals surface area contributed by atoms with Crippen LogP contribution in [0, 0.1) is 5.92 Å². The molecule has 132 valence electrons. The molecule has 1 aliphatic rings. The normalized spacial score (nSPS) is 16.6. The van der Waals surface area contributed by atoms with Gasteiger partial charge in [0.1, 0.15) is 0 Å². The van der Waals surface area contributed by atoms with E-state index in [0.29, 0.717) is 24.8 Å². The molecule has 0 spiro atoms. The summed E-state index contributed by atoms with van der Waals surface area (Å²) in [5.41, 5.74) is 0. The summed E-state index contributed by atoms with van der Waals surface area (Å²) in [6.07, 6.45) is 3.18. The van der Waals surface area contributed by atoms with Crippen LogP contribution in [-0.4, -0.2) is 47.2 Å². The minimum absolute atomic E-state index is 0. The number of halogens is 1. The van der Waals surface area contributed by atoms with Crippen molar-refractivity contribution in [2.45, 2.75) is 52.9 Å². The second kappa shape index (κ2) is 10.1. The van der Waals surface area contributed by atoms with Gasteiger partial charge in [-0.1, -0.05) is 25.9 Å². The maximum Gasteiger partial charge on any atom is 0.228 e. The minimum atomic E-state index is 0. The molecule has 0 bridgehead atoms. The third kappa shape index (κ3) is 6.27. The summed E-state index contributed by atoms with van der Waals surface area (Å²) in [5, 5.41) is 7.37. The van der Waals surface area contributed by atoms with Crippen LogP contribution >= 0.6 is 24.0 Å². The summed E-state index contributed by atoms with van der Waals surface area (Å²) in [7, 11) is 0. The van der Waals surface area contributed by atoms with Crippen molar-refractivity contribution in [1.29, 1.82) is 0 Å². The quantitative estimate of drug-likeness (QED) is 0.438. The molecule has 0 amide bonds. The van der Waals surface area contributed by atoms with E-state index in [0.717, 1.165) is 37.3 Å². The Bertz CT molecular complexity index is 481. The first-order chi connectivity index (χ1) is 10.6. The summed E-state index contributed by atoms with van der Waals surface area (Å²) in [5.74, 6) is 3.59. The van der Waals surface area contributed by atoms with E-state index in [4.69, 9.17) is 9.52 Å². The van der Waals surface area contributed by atoms with Gasteiger partial charge in [0.25, 0.3) is 0 Å². The molecule has 6 nitrogen and oxygen atoms in total. The Morgan fingerprint density at radius 3 is 2.65 bits per heavy atom. The number of aliphatic imine (C=N–C) groups is 1. The van der Waals surface area contributed by atoms with Crippen molar-refractivity contribution in [1.82, 2.24) is 20.4 Å². The van der Waals surface area contributed by atoms with Gasteiger partial charge in [-0.25, -0.2) is 0 Å². The average molecular weight is 435 g/mol. The maximum atomic E-state index is 5.26. The molecule has 23 heavy (non-hydrogen) atoms. The highest BCUT2D eigenvalue weighted by atomic mass is 127. The first-order valence-electron chi connectivity index (χ1n) is 8.45. The standard InChI is InChI=1S/C16H29N5O.HI/c1-5-17-16(21-10-7-13(4)8-11-21)18-9-6-14-19-15(12(2)3)20-22-14;/h12-13H,5-11H2,1-4H3,(H,17,18);1H. The van der Waals surface area contributed by atoms with Crippen LogP contribution in [0.5, 0.6) is 0 Å². The van der Waals surface area contributed by atoms with E-state index in [-0.39, 0.29) is 24.0 Å². The Kier molecular flexibility index (Phi) is 8.86. The van der Waals surface area contributed by atoms with Gasteiger partial charge >= 0.3 is 0 Å². The van der Waals surface area contributed by atoms with Crippen molar-refractivity contribution in [2.75, 3.05) is 26.2 Å². The molecule has 0 aliphatic carbocycles. The number of nitrogens with one attached hydrogen (secondary N) is 1. The molecule has 1 N–H and O–H groups in total. The van der Waals surface area contributed by atoms with Crippen molar-refractivity contribution < 1.29 is 4.52 Å². The molecule has 1 aromatic rings. The zero-order valence-corrected chi connectivity index (χ0v) is 17.0. The fourth-order valence-electron chi connectivity index (χ4n) is 2.51. The zero-order chi connectivity index (χ0) is 15.9. The summed E-state index contributed by atoms with van der Waals surface area (Å²) in [6, 6.07) is 0. The van der Waals surface area contributed by atoms with Crippen LogP contribution in [0.2, 0.25) is 0 Å². The van der Waals surface area contributed by atoms with Crippen molar-refractivity contribution in [2.24, 2.45) is 10.9 Å². The molecule has 2 rings (SSSR count). The fraction of sp³-hybridized carbons (Fsp3) is 0.812. The highest BCUT2D eigenvalue weighted by Crippen LogP contribution is 2.16. The molecule has 1 aromatic heterocycles. The third-order valence-corrected chi connectivity index (χ3v) is 4.01. The second-order valence-corrected chi connectivity index (χ2v) is 6.36. The van der Waals surface area contributed by atoms with Gasteiger partial charge in [-0.15, -0.1) is 24.0 Å². The zero-order valence-electron chi connectivity index (χ0n) is 14.7. The molecular weight excluding hydrogens is 405 g/mol. The van der Waals surface area contributed by atoms with E-state index >= 15 is 0 Å². The van der Waals surface area contributed by atoms with Gasteiger partial charge in [-0.05, 0) is 25.7 Å². The first-order valence-corrected chi connectivity index (χ1v) is 8.45. The lowest BCUT2D eigenvalue weighted by molar-refractivity contribution is 0.273. The summed E-state index contributed by atoms with van der Waals surface area (Å²) >= 11 is 0. The van der Waals surface area contributed by atoms with Crippen LogP contribution in [0.15, 0.2) is 9.52 Å². The topological polar surface area (TPSA) is 66.5 Å². The Morgan fingerprint density at radius 2 is 2.09 bits per heavy atom. The molecule has 0 aromatic carbocycles.